The highest BCUT2D eigenvalue weighted by Crippen LogP contribution is 2.23. The van der Waals surface area contributed by atoms with Gasteiger partial charge in [-0.15, -0.1) is 0 Å². The molecule has 5 heteroatoms. The Hall–Kier alpha value is 0.314. The summed E-state index contributed by atoms with van der Waals surface area (Å²) in [6, 6.07) is 2.18. The maximum atomic E-state index is 5.83. The Morgan fingerprint density at radius 3 is 1.50 bits per heavy atom. The number of rotatable bonds is 9. The zero-order valence-electron chi connectivity index (χ0n) is 11.8. The van der Waals surface area contributed by atoms with Gasteiger partial charge in [0.2, 0.25) is 0 Å². The van der Waals surface area contributed by atoms with Gasteiger partial charge in [0, 0.05) is 19.8 Å². The molecule has 0 N–H and O–H groups in total. The van der Waals surface area contributed by atoms with E-state index in [4.69, 9.17) is 13.3 Å². The zero-order valence-corrected chi connectivity index (χ0v) is 13.8. The molecule has 0 radical (unpaired) electrons. The van der Waals surface area contributed by atoms with E-state index in [0.29, 0.717) is 0 Å². The molecule has 0 aromatic heterocycles. The normalized spacial score (nSPS) is 13.1. The molecule has 0 fully saturated rings. The second-order valence-electron chi connectivity index (χ2n) is 4.69. The van der Waals surface area contributed by atoms with Gasteiger partial charge in [-0.3, -0.25) is 0 Å². The van der Waals surface area contributed by atoms with Gasteiger partial charge in [0.25, 0.3) is 0 Å². The average molecular weight is 265 g/mol. The third kappa shape index (κ3) is 6.80. The van der Waals surface area contributed by atoms with Crippen molar-refractivity contribution >= 4 is 16.9 Å². The van der Waals surface area contributed by atoms with Crippen LogP contribution >= 0.6 is 0 Å². The summed E-state index contributed by atoms with van der Waals surface area (Å²) in [6.07, 6.45) is 0. The molecule has 16 heavy (non-hydrogen) atoms. The van der Waals surface area contributed by atoms with Crippen LogP contribution in [0.25, 0.3) is 0 Å². The van der Waals surface area contributed by atoms with Crippen LogP contribution in [0.1, 0.15) is 20.8 Å². The molecule has 98 valence electrons. The highest BCUT2D eigenvalue weighted by Gasteiger charge is 2.34. The van der Waals surface area contributed by atoms with Crippen molar-refractivity contribution in [3.63, 3.8) is 0 Å². The second-order valence-corrected chi connectivity index (χ2v) is 12.3. The Bertz CT molecular complexity index is 180. The van der Waals surface area contributed by atoms with E-state index in [0.717, 1.165) is 31.9 Å². The molecule has 0 heterocycles. The van der Waals surface area contributed by atoms with Crippen LogP contribution in [0.2, 0.25) is 31.7 Å². The fourth-order valence-electron chi connectivity index (χ4n) is 1.79. The van der Waals surface area contributed by atoms with Crippen molar-refractivity contribution in [1.82, 2.24) is 0 Å². The van der Waals surface area contributed by atoms with Crippen LogP contribution in [-0.4, -0.2) is 36.7 Å². The van der Waals surface area contributed by atoms with Gasteiger partial charge in [0.1, 0.15) is 0 Å². The molecule has 0 aliphatic rings. The molecule has 0 saturated carbocycles. The minimum atomic E-state index is -1.93. The molecule has 0 aromatic rings. The Morgan fingerprint density at radius 1 is 0.688 bits per heavy atom. The fraction of sp³-hybridized carbons (Fsp3) is 1.00. The minimum absolute atomic E-state index is 0.749. The van der Waals surface area contributed by atoms with Crippen LogP contribution in [0.5, 0.6) is 0 Å². The molecule has 0 spiro atoms. The summed E-state index contributed by atoms with van der Waals surface area (Å²) in [4.78, 5) is 0. The first-order valence-corrected chi connectivity index (χ1v) is 11.9. The zero-order chi connectivity index (χ0) is 12.7. The van der Waals surface area contributed by atoms with Crippen molar-refractivity contribution in [2.24, 2.45) is 0 Å². The van der Waals surface area contributed by atoms with Gasteiger partial charge in [-0.2, -0.15) is 0 Å². The Morgan fingerprint density at radius 2 is 1.12 bits per heavy atom. The summed E-state index contributed by atoms with van der Waals surface area (Å²) in [5, 5.41) is 0. The van der Waals surface area contributed by atoms with E-state index < -0.39 is 16.9 Å². The SMILES string of the molecule is CCO[Si](C)(C)CC[Si](C)(OCC)OCC. The summed E-state index contributed by atoms with van der Waals surface area (Å²) in [5.41, 5.74) is 0. The molecule has 3 nitrogen and oxygen atoms in total. The quantitative estimate of drug-likeness (QED) is 0.598. The summed E-state index contributed by atoms with van der Waals surface area (Å²) >= 11 is 0. The third-order valence-electron chi connectivity index (χ3n) is 2.62. The molecule has 0 aromatic carbocycles. The van der Waals surface area contributed by atoms with Gasteiger partial charge in [0.05, 0.1) is 0 Å². The molecule has 0 bridgehead atoms. The van der Waals surface area contributed by atoms with Gasteiger partial charge < -0.3 is 13.3 Å². The van der Waals surface area contributed by atoms with Crippen molar-refractivity contribution in [3.05, 3.63) is 0 Å². The summed E-state index contributed by atoms with van der Waals surface area (Å²) in [5.74, 6) is 0. The molecule has 0 rings (SSSR count). The van der Waals surface area contributed by atoms with Crippen LogP contribution in [-0.2, 0) is 13.3 Å². The van der Waals surface area contributed by atoms with E-state index in [-0.39, 0.29) is 0 Å². The number of hydrogen-bond donors (Lipinski definition) is 0. The molecule has 0 saturated heterocycles. The lowest BCUT2D eigenvalue weighted by molar-refractivity contribution is 0.189. The van der Waals surface area contributed by atoms with Crippen molar-refractivity contribution in [2.45, 2.75) is 52.5 Å². The standard InChI is InChI=1S/C11H28O3Si2/c1-7-12-15(4,5)10-11-16(6,13-8-2)14-9-3/h7-11H2,1-6H3. The monoisotopic (exact) mass is 264 g/mol. The van der Waals surface area contributed by atoms with E-state index in [9.17, 15) is 0 Å². The van der Waals surface area contributed by atoms with Gasteiger partial charge in [0.15, 0.2) is 8.32 Å². The van der Waals surface area contributed by atoms with E-state index >= 15 is 0 Å². The van der Waals surface area contributed by atoms with Crippen molar-refractivity contribution in [3.8, 4) is 0 Å². The molecular formula is C11H28O3Si2. The second kappa shape index (κ2) is 7.60. The minimum Gasteiger partial charge on any atom is -0.418 e. The maximum absolute atomic E-state index is 5.83. The smallest absolute Gasteiger partial charge is 0.334 e. The Labute approximate surface area is 103 Å². The number of hydrogen-bond acceptors (Lipinski definition) is 3. The fourth-order valence-corrected chi connectivity index (χ4v) is 8.53. The van der Waals surface area contributed by atoms with Crippen LogP contribution in [0.4, 0.5) is 0 Å². The summed E-state index contributed by atoms with van der Waals surface area (Å²) < 4.78 is 17.5. The Kier molecular flexibility index (Phi) is 7.75. The summed E-state index contributed by atoms with van der Waals surface area (Å²) in [7, 11) is -3.43. The molecule has 0 unspecified atom stereocenters. The average Bonchev–Trinajstić information content (AvgIpc) is 2.16. The van der Waals surface area contributed by atoms with Crippen LogP contribution in [0.3, 0.4) is 0 Å². The highest BCUT2D eigenvalue weighted by atomic mass is 28.4. The molecule has 0 aliphatic heterocycles. The first kappa shape index (κ1) is 16.3. The largest absolute Gasteiger partial charge is 0.418 e. The van der Waals surface area contributed by atoms with E-state index in [1.807, 2.05) is 13.8 Å². The molecule has 0 amide bonds. The van der Waals surface area contributed by atoms with Crippen molar-refractivity contribution in [2.75, 3.05) is 19.8 Å². The van der Waals surface area contributed by atoms with Crippen LogP contribution in [0.15, 0.2) is 0 Å². The lowest BCUT2D eigenvalue weighted by Gasteiger charge is -2.29. The van der Waals surface area contributed by atoms with Crippen LogP contribution in [0, 0.1) is 0 Å². The third-order valence-corrected chi connectivity index (χ3v) is 8.60. The van der Waals surface area contributed by atoms with Gasteiger partial charge in [-0.1, -0.05) is 0 Å². The highest BCUT2D eigenvalue weighted by molar-refractivity contribution is 6.74. The predicted octanol–water partition coefficient (Wildman–Crippen LogP) is 3.37. The van der Waals surface area contributed by atoms with Crippen molar-refractivity contribution in [1.29, 1.82) is 0 Å². The van der Waals surface area contributed by atoms with E-state index in [1.165, 1.54) is 0 Å². The topological polar surface area (TPSA) is 27.7 Å². The van der Waals surface area contributed by atoms with E-state index in [1.54, 1.807) is 0 Å². The molecule has 0 aliphatic carbocycles. The van der Waals surface area contributed by atoms with Gasteiger partial charge >= 0.3 is 8.56 Å². The predicted molar refractivity (Wildman–Crippen MR) is 73.6 cm³/mol. The van der Waals surface area contributed by atoms with Gasteiger partial charge in [-0.05, 0) is 52.5 Å². The lowest BCUT2D eigenvalue weighted by Crippen LogP contribution is -2.42. The maximum Gasteiger partial charge on any atom is 0.334 e. The molecular weight excluding hydrogens is 236 g/mol. The van der Waals surface area contributed by atoms with Crippen LogP contribution < -0.4 is 0 Å². The lowest BCUT2D eigenvalue weighted by atomic mass is 10.9. The van der Waals surface area contributed by atoms with E-state index in [2.05, 4.69) is 26.6 Å². The molecule has 0 atom stereocenters. The Balaban J connectivity index is 4.19. The van der Waals surface area contributed by atoms with Crippen molar-refractivity contribution < 1.29 is 13.3 Å². The first-order chi connectivity index (χ1) is 7.39. The van der Waals surface area contributed by atoms with Gasteiger partial charge in [-0.25, -0.2) is 0 Å². The summed E-state index contributed by atoms with van der Waals surface area (Å²) in [6.45, 7) is 15.2. The first-order valence-electron chi connectivity index (χ1n) is 6.31.